The van der Waals surface area contributed by atoms with Crippen molar-refractivity contribution in [1.82, 2.24) is 5.32 Å². The standard InChI is InChI=1S/C16H20ClNO/c1-3-8-18-15(16-12(2)7-9-19-16)11-13-5-4-6-14(17)10-13/h4-7,9-10,15,18H,3,8,11H2,1-2H3. The summed E-state index contributed by atoms with van der Waals surface area (Å²) in [5, 5.41) is 4.32. The fourth-order valence-corrected chi connectivity index (χ4v) is 2.43. The molecule has 1 heterocycles. The summed E-state index contributed by atoms with van der Waals surface area (Å²) in [5.41, 5.74) is 2.41. The molecule has 2 rings (SSSR count). The van der Waals surface area contributed by atoms with E-state index >= 15 is 0 Å². The minimum atomic E-state index is 0.202. The van der Waals surface area contributed by atoms with Crippen LogP contribution in [0.25, 0.3) is 0 Å². The second-order valence-corrected chi connectivity index (χ2v) is 5.25. The zero-order chi connectivity index (χ0) is 13.7. The van der Waals surface area contributed by atoms with Crippen LogP contribution in [0.2, 0.25) is 5.02 Å². The summed E-state index contributed by atoms with van der Waals surface area (Å²) in [7, 11) is 0. The van der Waals surface area contributed by atoms with Gasteiger partial charge in [-0.25, -0.2) is 0 Å². The molecule has 0 bridgehead atoms. The molecule has 0 radical (unpaired) electrons. The van der Waals surface area contributed by atoms with Crippen LogP contribution in [0.5, 0.6) is 0 Å². The SMILES string of the molecule is CCCNC(Cc1cccc(Cl)c1)c1occc1C. The Morgan fingerprint density at radius 2 is 2.16 bits per heavy atom. The number of nitrogens with one attached hydrogen (secondary N) is 1. The van der Waals surface area contributed by atoms with Gasteiger partial charge in [0, 0.05) is 5.02 Å². The van der Waals surface area contributed by atoms with Crippen LogP contribution in [0.3, 0.4) is 0 Å². The molecular weight excluding hydrogens is 258 g/mol. The van der Waals surface area contributed by atoms with Gasteiger partial charge in [-0.05, 0) is 55.6 Å². The molecule has 0 spiro atoms. The second-order valence-electron chi connectivity index (χ2n) is 4.81. The lowest BCUT2D eigenvalue weighted by Gasteiger charge is -2.17. The number of rotatable bonds is 6. The Balaban J connectivity index is 2.16. The van der Waals surface area contributed by atoms with E-state index in [1.54, 1.807) is 6.26 Å². The Labute approximate surface area is 119 Å². The molecule has 19 heavy (non-hydrogen) atoms. The van der Waals surface area contributed by atoms with Crippen LogP contribution in [0.1, 0.15) is 36.3 Å². The molecule has 1 unspecified atom stereocenters. The first-order valence-electron chi connectivity index (χ1n) is 6.72. The van der Waals surface area contributed by atoms with Gasteiger partial charge in [0.05, 0.1) is 12.3 Å². The normalized spacial score (nSPS) is 12.6. The predicted octanol–water partition coefficient (Wildman–Crippen LogP) is 4.52. The van der Waals surface area contributed by atoms with E-state index in [9.17, 15) is 0 Å². The molecule has 1 N–H and O–H groups in total. The fraction of sp³-hybridized carbons (Fsp3) is 0.375. The van der Waals surface area contributed by atoms with Gasteiger partial charge in [-0.2, -0.15) is 0 Å². The molecule has 2 aromatic rings. The largest absolute Gasteiger partial charge is 0.467 e. The van der Waals surface area contributed by atoms with Crippen molar-refractivity contribution >= 4 is 11.6 Å². The van der Waals surface area contributed by atoms with Gasteiger partial charge in [-0.3, -0.25) is 0 Å². The molecule has 1 aromatic carbocycles. The predicted molar refractivity (Wildman–Crippen MR) is 79.6 cm³/mol. The molecule has 0 saturated heterocycles. The first kappa shape index (κ1) is 14.2. The summed E-state index contributed by atoms with van der Waals surface area (Å²) in [6, 6.07) is 10.2. The first-order chi connectivity index (χ1) is 9.20. The fourth-order valence-electron chi connectivity index (χ4n) is 2.22. The zero-order valence-electron chi connectivity index (χ0n) is 11.4. The van der Waals surface area contributed by atoms with Gasteiger partial charge in [-0.1, -0.05) is 30.7 Å². The van der Waals surface area contributed by atoms with Crippen molar-refractivity contribution in [3.8, 4) is 0 Å². The Bertz CT molecular complexity index is 521. The first-order valence-corrected chi connectivity index (χ1v) is 7.10. The van der Waals surface area contributed by atoms with Crippen LogP contribution >= 0.6 is 11.6 Å². The van der Waals surface area contributed by atoms with Crippen LogP contribution in [0.15, 0.2) is 41.0 Å². The monoisotopic (exact) mass is 277 g/mol. The number of hydrogen-bond donors (Lipinski definition) is 1. The van der Waals surface area contributed by atoms with Gasteiger partial charge in [0.1, 0.15) is 5.76 Å². The topological polar surface area (TPSA) is 25.2 Å². The van der Waals surface area contributed by atoms with E-state index < -0.39 is 0 Å². The van der Waals surface area contributed by atoms with Gasteiger partial charge in [0.15, 0.2) is 0 Å². The number of furan rings is 1. The van der Waals surface area contributed by atoms with Gasteiger partial charge in [0.25, 0.3) is 0 Å². The minimum absolute atomic E-state index is 0.202. The van der Waals surface area contributed by atoms with Gasteiger partial charge < -0.3 is 9.73 Å². The van der Waals surface area contributed by atoms with Crippen molar-refractivity contribution in [2.75, 3.05) is 6.54 Å². The molecule has 2 nitrogen and oxygen atoms in total. The molecule has 0 fully saturated rings. The van der Waals surface area contributed by atoms with Crippen LogP contribution in [-0.4, -0.2) is 6.54 Å². The maximum Gasteiger partial charge on any atom is 0.123 e. The number of halogens is 1. The van der Waals surface area contributed by atoms with E-state index in [1.807, 2.05) is 24.3 Å². The van der Waals surface area contributed by atoms with Crippen molar-refractivity contribution in [3.05, 3.63) is 58.5 Å². The lowest BCUT2D eigenvalue weighted by atomic mass is 10.0. The third-order valence-corrected chi connectivity index (χ3v) is 3.42. The van der Waals surface area contributed by atoms with Crippen LogP contribution in [-0.2, 0) is 6.42 Å². The molecule has 0 aliphatic rings. The molecule has 0 aliphatic heterocycles. The van der Waals surface area contributed by atoms with E-state index in [-0.39, 0.29) is 6.04 Å². The molecule has 1 atom stereocenters. The van der Waals surface area contributed by atoms with E-state index in [1.165, 1.54) is 11.1 Å². The van der Waals surface area contributed by atoms with Crippen molar-refractivity contribution in [2.24, 2.45) is 0 Å². The summed E-state index contributed by atoms with van der Waals surface area (Å²) >= 11 is 6.04. The second kappa shape index (κ2) is 6.78. The Morgan fingerprint density at radius 1 is 1.32 bits per heavy atom. The number of aryl methyl sites for hydroxylation is 1. The third kappa shape index (κ3) is 3.85. The summed E-state index contributed by atoms with van der Waals surface area (Å²) in [6.45, 7) is 5.22. The maximum atomic E-state index is 6.04. The maximum absolute atomic E-state index is 6.04. The molecule has 1 aromatic heterocycles. The molecule has 3 heteroatoms. The van der Waals surface area contributed by atoms with E-state index in [4.69, 9.17) is 16.0 Å². The Hall–Kier alpha value is -1.25. The van der Waals surface area contributed by atoms with Crippen molar-refractivity contribution in [3.63, 3.8) is 0 Å². The molecular formula is C16H20ClNO. The molecule has 102 valence electrons. The number of benzene rings is 1. The highest BCUT2D eigenvalue weighted by Gasteiger charge is 2.17. The average Bonchev–Trinajstić information content (AvgIpc) is 2.81. The minimum Gasteiger partial charge on any atom is -0.467 e. The third-order valence-electron chi connectivity index (χ3n) is 3.19. The van der Waals surface area contributed by atoms with E-state index in [2.05, 4.69) is 25.2 Å². The molecule has 0 saturated carbocycles. The lowest BCUT2D eigenvalue weighted by molar-refractivity contribution is 0.408. The highest BCUT2D eigenvalue weighted by Crippen LogP contribution is 2.23. The Morgan fingerprint density at radius 3 is 2.79 bits per heavy atom. The highest BCUT2D eigenvalue weighted by molar-refractivity contribution is 6.30. The summed E-state index contributed by atoms with van der Waals surface area (Å²) < 4.78 is 5.63. The summed E-state index contributed by atoms with van der Waals surface area (Å²) in [4.78, 5) is 0. The van der Waals surface area contributed by atoms with Crippen LogP contribution in [0, 0.1) is 6.92 Å². The molecule has 0 amide bonds. The summed E-state index contributed by atoms with van der Waals surface area (Å²) in [6.07, 6.45) is 3.74. The van der Waals surface area contributed by atoms with Crippen molar-refractivity contribution in [2.45, 2.75) is 32.7 Å². The molecule has 0 aliphatic carbocycles. The van der Waals surface area contributed by atoms with Crippen molar-refractivity contribution in [1.29, 1.82) is 0 Å². The van der Waals surface area contributed by atoms with Crippen LogP contribution in [0.4, 0.5) is 0 Å². The van der Waals surface area contributed by atoms with Crippen LogP contribution < -0.4 is 5.32 Å². The average molecular weight is 278 g/mol. The van der Waals surface area contributed by atoms with E-state index in [0.717, 1.165) is 30.2 Å². The van der Waals surface area contributed by atoms with Crippen molar-refractivity contribution < 1.29 is 4.42 Å². The van der Waals surface area contributed by atoms with Gasteiger partial charge in [0.2, 0.25) is 0 Å². The van der Waals surface area contributed by atoms with Gasteiger partial charge in [-0.15, -0.1) is 0 Å². The number of hydrogen-bond acceptors (Lipinski definition) is 2. The zero-order valence-corrected chi connectivity index (χ0v) is 12.2. The lowest BCUT2D eigenvalue weighted by Crippen LogP contribution is -2.24. The smallest absolute Gasteiger partial charge is 0.123 e. The van der Waals surface area contributed by atoms with E-state index in [0.29, 0.717) is 0 Å². The summed E-state index contributed by atoms with van der Waals surface area (Å²) in [5.74, 6) is 1.02. The Kier molecular flexibility index (Phi) is 5.06. The quantitative estimate of drug-likeness (QED) is 0.839. The van der Waals surface area contributed by atoms with Gasteiger partial charge >= 0.3 is 0 Å². The highest BCUT2D eigenvalue weighted by atomic mass is 35.5.